The number of rotatable bonds is 2. The molecular weight excluding hydrogens is 288 g/mol. The lowest BCUT2D eigenvalue weighted by molar-refractivity contribution is -0.136. The molecule has 0 bridgehead atoms. The summed E-state index contributed by atoms with van der Waals surface area (Å²) >= 11 is 0. The number of hydrogen-bond donors (Lipinski definition) is 1. The molecule has 1 N–H and O–H groups in total. The summed E-state index contributed by atoms with van der Waals surface area (Å²) in [5.74, 6) is 3.23. The van der Waals surface area contributed by atoms with Crippen molar-refractivity contribution < 1.29 is 14.4 Å². The first-order valence-corrected chi connectivity index (χ1v) is 8.51. The van der Waals surface area contributed by atoms with E-state index >= 15 is 0 Å². The minimum absolute atomic E-state index is 0.114. The highest BCUT2D eigenvalue weighted by Crippen LogP contribution is 2.31. The SMILES string of the molecule is C=S(C)c1ccc2c(c1)CN(C1CCC(=O)NC1=O)C2=O. The lowest BCUT2D eigenvalue weighted by atomic mass is 10.0. The van der Waals surface area contributed by atoms with Crippen LogP contribution in [0.15, 0.2) is 23.1 Å². The van der Waals surface area contributed by atoms with Gasteiger partial charge in [0.25, 0.3) is 5.91 Å². The van der Waals surface area contributed by atoms with Crippen molar-refractivity contribution in [2.45, 2.75) is 30.3 Å². The second kappa shape index (κ2) is 5.11. The van der Waals surface area contributed by atoms with Crippen LogP contribution in [0.5, 0.6) is 0 Å². The third kappa shape index (κ3) is 2.40. The topological polar surface area (TPSA) is 66.5 Å². The number of nitrogens with zero attached hydrogens (tertiary/aromatic N) is 1. The number of piperidine rings is 1. The molecule has 1 aromatic carbocycles. The molecule has 0 radical (unpaired) electrons. The quantitative estimate of drug-likeness (QED) is 0.658. The summed E-state index contributed by atoms with van der Waals surface area (Å²) in [5.41, 5.74) is 1.58. The molecule has 3 rings (SSSR count). The van der Waals surface area contributed by atoms with Crippen molar-refractivity contribution in [3.63, 3.8) is 0 Å². The Labute approximate surface area is 125 Å². The first-order valence-electron chi connectivity index (χ1n) is 6.70. The molecule has 2 atom stereocenters. The van der Waals surface area contributed by atoms with E-state index in [1.807, 2.05) is 24.5 Å². The lowest BCUT2D eigenvalue weighted by Gasteiger charge is -2.29. The standard InChI is InChI=1S/C15H16N2O3S/c1-21(2)10-3-4-11-9(7-10)8-17(15(11)20)12-5-6-13(18)16-14(12)19/h3-4,7,12H,1,5-6,8H2,2H3,(H,16,18,19). The summed E-state index contributed by atoms with van der Waals surface area (Å²) in [6, 6.07) is 5.18. The predicted octanol–water partition coefficient (Wildman–Crippen LogP) is 1.14. The van der Waals surface area contributed by atoms with E-state index < -0.39 is 6.04 Å². The normalized spacial score (nSPS) is 23.0. The average molecular weight is 304 g/mol. The molecule has 21 heavy (non-hydrogen) atoms. The molecule has 1 fully saturated rings. The van der Waals surface area contributed by atoms with Crippen molar-refractivity contribution in [3.8, 4) is 0 Å². The molecule has 2 heterocycles. The highest BCUT2D eigenvalue weighted by atomic mass is 32.2. The molecular formula is C15H16N2O3S. The first-order chi connectivity index (χ1) is 9.97. The van der Waals surface area contributed by atoms with Crippen LogP contribution in [-0.4, -0.2) is 40.8 Å². The fourth-order valence-corrected chi connectivity index (χ4v) is 3.41. The molecule has 2 aliphatic rings. The van der Waals surface area contributed by atoms with Crippen molar-refractivity contribution in [1.82, 2.24) is 10.2 Å². The van der Waals surface area contributed by atoms with Gasteiger partial charge in [0.2, 0.25) is 11.8 Å². The molecule has 110 valence electrons. The maximum absolute atomic E-state index is 12.5. The number of imide groups is 1. The van der Waals surface area contributed by atoms with Crippen LogP contribution in [0.2, 0.25) is 0 Å². The van der Waals surface area contributed by atoms with E-state index in [-0.39, 0.29) is 34.6 Å². The number of amides is 3. The van der Waals surface area contributed by atoms with E-state index in [0.717, 1.165) is 10.5 Å². The Morgan fingerprint density at radius 1 is 1.33 bits per heavy atom. The number of carbonyl (C=O) groups is 3. The summed E-state index contributed by atoms with van der Waals surface area (Å²) < 4.78 is 0. The van der Waals surface area contributed by atoms with Crippen LogP contribution >= 0.6 is 10.5 Å². The minimum atomic E-state index is -0.550. The van der Waals surface area contributed by atoms with E-state index in [2.05, 4.69) is 11.2 Å². The second-order valence-electron chi connectivity index (χ2n) is 5.36. The zero-order chi connectivity index (χ0) is 15.1. The smallest absolute Gasteiger partial charge is 0.255 e. The van der Waals surface area contributed by atoms with Crippen molar-refractivity contribution in [3.05, 3.63) is 29.3 Å². The first kappa shape index (κ1) is 14.0. The average Bonchev–Trinajstić information content (AvgIpc) is 2.75. The van der Waals surface area contributed by atoms with Gasteiger partial charge in [-0.05, 0) is 36.4 Å². The van der Waals surface area contributed by atoms with Gasteiger partial charge in [0.15, 0.2) is 0 Å². The molecule has 1 saturated heterocycles. The Balaban J connectivity index is 1.88. The number of carbonyl (C=O) groups excluding carboxylic acids is 3. The van der Waals surface area contributed by atoms with Crippen LogP contribution in [0.1, 0.15) is 28.8 Å². The summed E-state index contributed by atoms with van der Waals surface area (Å²) in [7, 11) is -0.114. The van der Waals surface area contributed by atoms with Gasteiger partial charge < -0.3 is 4.90 Å². The van der Waals surface area contributed by atoms with E-state index in [1.165, 1.54) is 0 Å². The molecule has 1 aromatic rings. The number of nitrogens with one attached hydrogen (secondary N) is 1. The molecule has 3 amide bonds. The fourth-order valence-electron chi connectivity index (χ4n) is 2.77. The van der Waals surface area contributed by atoms with Gasteiger partial charge in [-0.25, -0.2) is 0 Å². The summed E-state index contributed by atoms with van der Waals surface area (Å²) in [6.07, 6.45) is 2.69. The maximum Gasteiger partial charge on any atom is 0.255 e. The molecule has 0 aromatic heterocycles. The van der Waals surface area contributed by atoms with Crippen LogP contribution in [0.4, 0.5) is 0 Å². The number of benzene rings is 1. The van der Waals surface area contributed by atoms with Crippen LogP contribution in [-0.2, 0) is 16.1 Å². The van der Waals surface area contributed by atoms with Gasteiger partial charge in [-0.15, -0.1) is 0 Å². The Morgan fingerprint density at radius 3 is 2.76 bits per heavy atom. The van der Waals surface area contributed by atoms with Gasteiger partial charge in [-0.3, -0.25) is 19.7 Å². The van der Waals surface area contributed by atoms with Crippen molar-refractivity contribution in [2.75, 3.05) is 6.26 Å². The number of fused-ring (bicyclic) bond motifs is 1. The molecule has 0 spiro atoms. The Hall–Kier alpha value is -1.95. The third-order valence-corrected chi connectivity index (χ3v) is 4.96. The fraction of sp³-hybridized carbons (Fsp3) is 0.333. The predicted molar refractivity (Wildman–Crippen MR) is 81.4 cm³/mol. The maximum atomic E-state index is 12.5. The zero-order valence-electron chi connectivity index (χ0n) is 11.7. The van der Waals surface area contributed by atoms with Gasteiger partial charge in [-0.2, -0.15) is 10.5 Å². The van der Waals surface area contributed by atoms with Crippen molar-refractivity contribution >= 4 is 34.1 Å². The monoisotopic (exact) mass is 304 g/mol. The molecule has 2 aliphatic heterocycles. The van der Waals surface area contributed by atoms with Crippen LogP contribution in [0, 0.1) is 0 Å². The van der Waals surface area contributed by atoms with Crippen molar-refractivity contribution in [2.24, 2.45) is 0 Å². The highest BCUT2D eigenvalue weighted by Gasteiger charge is 2.38. The molecule has 0 aliphatic carbocycles. The lowest BCUT2D eigenvalue weighted by Crippen LogP contribution is -2.52. The van der Waals surface area contributed by atoms with Gasteiger partial charge in [0, 0.05) is 23.4 Å². The van der Waals surface area contributed by atoms with E-state index in [1.54, 1.807) is 4.90 Å². The highest BCUT2D eigenvalue weighted by molar-refractivity contribution is 8.13. The molecule has 0 saturated carbocycles. The molecule has 2 unspecified atom stereocenters. The van der Waals surface area contributed by atoms with E-state index in [4.69, 9.17) is 0 Å². The summed E-state index contributed by atoms with van der Waals surface area (Å²) in [6.45, 7) is 0.422. The molecule has 6 heteroatoms. The summed E-state index contributed by atoms with van der Waals surface area (Å²) in [4.78, 5) is 38.3. The molecule has 5 nitrogen and oxygen atoms in total. The Kier molecular flexibility index (Phi) is 3.41. The van der Waals surface area contributed by atoms with E-state index in [0.29, 0.717) is 18.5 Å². The van der Waals surface area contributed by atoms with Crippen LogP contribution in [0.25, 0.3) is 0 Å². The Morgan fingerprint density at radius 2 is 2.10 bits per heavy atom. The zero-order valence-corrected chi connectivity index (χ0v) is 12.5. The minimum Gasteiger partial charge on any atom is -0.322 e. The van der Waals surface area contributed by atoms with Gasteiger partial charge in [-0.1, -0.05) is 5.87 Å². The number of hydrogen-bond acceptors (Lipinski definition) is 3. The largest absolute Gasteiger partial charge is 0.322 e. The van der Waals surface area contributed by atoms with E-state index in [9.17, 15) is 14.4 Å². The van der Waals surface area contributed by atoms with Crippen LogP contribution in [0.3, 0.4) is 0 Å². The van der Waals surface area contributed by atoms with Crippen LogP contribution < -0.4 is 5.32 Å². The summed E-state index contributed by atoms with van der Waals surface area (Å²) in [5, 5.41) is 2.30. The van der Waals surface area contributed by atoms with Gasteiger partial charge >= 0.3 is 0 Å². The second-order valence-corrected chi connectivity index (χ2v) is 7.10. The van der Waals surface area contributed by atoms with Crippen molar-refractivity contribution in [1.29, 1.82) is 0 Å². The van der Waals surface area contributed by atoms with Gasteiger partial charge in [0.1, 0.15) is 6.04 Å². The van der Waals surface area contributed by atoms with Gasteiger partial charge in [0.05, 0.1) is 0 Å². The third-order valence-electron chi connectivity index (χ3n) is 3.90. The Bertz CT molecular complexity index is 683.